The van der Waals surface area contributed by atoms with Gasteiger partial charge >= 0.3 is 5.97 Å². The number of hydrogen-bond donors (Lipinski definition) is 1. The first-order valence-electron chi connectivity index (χ1n) is 9.94. The number of nitrogen functional groups attached to an aromatic ring is 1. The van der Waals surface area contributed by atoms with E-state index in [-0.39, 0.29) is 23.1 Å². The Morgan fingerprint density at radius 2 is 1.80 bits per heavy atom. The molecule has 0 saturated heterocycles. The predicted molar refractivity (Wildman–Crippen MR) is 115 cm³/mol. The fourth-order valence-corrected chi connectivity index (χ4v) is 3.26. The summed E-state index contributed by atoms with van der Waals surface area (Å²) in [6, 6.07) is 13.6. The number of ether oxygens (including phenoxy) is 1. The molecule has 2 heterocycles. The zero-order valence-electron chi connectivity index (χ0n) is 16.9. The van der Waals surface area contributed by atoms with Crippen LogP contribution in [-0.4, -0.2) is 27.1 Å². The molecule has 7 heteroatoms. The van der Waals surface area contributed by atoms with Crippen molar-refractivity contribution in [3.05, 3.63) is 65.5 Å². The van der Waals surface area contributed by atoms with Gasteiger partial charge in [0.15, 0.2) is 5.65 Å². The average Bonchev–Trinajstić information content (AvgIpc) is 3.02. The Kier molecular flexibility index (Phi) is 5.35. The van der Waals surface area contributed by atoms with E-state index in [1.807, 2.05) is 38.1 Å². The van der Waals surface area contributed by atoms with Crippen molar-refractivity contribution >= 4 is 34.0 Å². The summed E-state index contributed by atoms with van der Waals surface area (Å²) in [6.07, 6.45) is 0.902. The van der Waals surface area contributed by atoms with Gasteiger partial charge in [0.2, 0.25) is 0 Å². The van der Waals surface area contributed by atoms with E-state index in [1.165, 1.54) is 12.1 Å². The topological polar surface area (TPSA) is 83.0 Å². The van der Waals surface area contributed by atoms with E-state index in [1.54, 1.807) is 16.7 Å². The second-order valence-corrected chi connectivity index (χ2v) is 7.47. The molecule has 4 rings (SSSR count). The van der Waals surface area contributed by atoms with E-state index < -0.39 is 5.97 Å². The molecule has 0 saturated carbocycles. The third-order valence-corrected chi connectivity index (χ3v) is 5.25. The maximum absolute atomic E-state index is 13.3. The van der Waals surface area contributed by atoms with Gasteiger partial charge in [-0.25, -0.2) is 19.2 Å². The standard InChI is InChI=1S/C23H23FN4O2/c1-3-14(2)13-30-23(29)19-20-22(27-18-7-5-4-6-17(18)26-20)28(21(19)25)12-15-8-10-16(24)11-9-15/h4-11,14H,3,12-13,25H2,1-2H3/t14-/m1/s1. The number of nitrogens with zero attached hydrogens (tertiary/aromatic N) is 3. The summed E-state index contributed by atoms with van der Waals surface area (Å²) in [6.45, 7) is 4.69. The smallest absolute Gasteiger partial charge is 0.344 e. The van der Waals surface area contributed by atoms with Gasteiger partial charge in [0.1, 0.15) is 22.7 Å². The number of para-hydroxylation sites is 2. The normalized spacial score (nSPS) is 12.4. The molecule has 0 radical (unpaired) electrons. The molecule has 0 fully saturated rings. The Hall–Kier alpha value is -3.48. The molecule has 0 amide bonds. The molecule has 0 aliphatic heterocycles. The van der Waals surface area contributed by atoms with E-state index >= 15 is 0 Å². The highest BCUT2D eigenvalue weighted by molar-refractivity contribution is 6.08. The zero-order chi connectivity index (χ0) is 21.3. The van der Waals surface area contributed by atoms with Gasteiger partial charge in [-0.05, 0) is 35.7 Å². The van der Waals surface area contributed by atoms with Gasteiger partial charge < -0.3 is 15.0 Å². The lowest BCUT2D eigenvalue weighted by Crippen LogP contribution is -2.14. The van der Waals surface area contributed by atoms with Gasteiger partial charge in [0, 0.05) is 0 Å². The van der Waals surface area contributed by atoms with Crippen molar-refractivity contribution < 1.29 is 13.9 Å². The molecule has 0 aliphatic carbocycles. The maximum atomic E-state index is 13.3. The predicted octanol–water partition coefficient (Wildman–Crippen LogP) is 4.56. The Morgan fingerprint density at radius 1 is 1.13 bits per heavy atom. The molecular formula is C23H23FN4O2. The summed E-state index contributed by atoms with van der Waals surface area (Å²) in [7, 11) is 0. The molecule has 0 unspecified atom stereocenters. The number of carbonyl (C=O) groups is 1. The van der Waals surface area contributed by atoms with Crippen molar-refractivity contribution in [2.75, 3.05) is 12.3 Å². The van der Waals surface area contributed by atoms with Gasteiger partial charge in [0.05, 0.1) is 24.2 Å². The second-order valence-electron chi connectivity index (χ2n) is 7.47. The third kappa shape index (κ3) is 3.70. The van der Waals surface area contributed by atoms with E-state index in [9.17, 15) is 9.18 Å². The number of esters is 1. The highest BCUT2D eigenvalue weighted by Crippen LogP contribution is 2.29. The molecule has 0 bridgehead atoms. The number of carbonyl (C=O) groups excluding carboxylic acids is 1. The van der Waals surface area contributed by atoms with Crippen LogP contribution >= 0.6 is 0 Å². The van der Waals surface area contributed by atoms with Crippen LogP contribution in [0, 0.1) is 11.7 Å². The highest BCUT2D eigenvalue weighted by atomic mass is 19.1. The molecule has 30 heavy (non-hydrogen) atoms. The summed E-state index contributed by atoms with van der Waals surface area (Å²) in [4.78, 5) is 22.3. The molecule has 2 N–H and O–H groups in total. The van der Waals surface area contributed by atoms with Gasteiger partial charge in [-0.15, -0.1) is 0 Å². The van der Waals surface area contributed by atoms with Crippen molar-refractivity contribution in [2.24, 2.45) is 5.92 Å². The minimum atomic E-state index is -0.514. The minimum Gasteiger partial charge on any atom is -0.462 e. The Balaban J connectivity index is 1.85. The molecule has 0 aliphatic rings. The summed E-state index contributed by atoms with van der Waals surface area (Å²) >= 11 is 0. The molecule has 154 valence electrons. The molecule has 0 spiro atoms. The van der Waals surface area contributed by atoms with Gasteiger partial charge in [0.25, 0.3) is 0 Å². The van der Waals surface area contributed by atoms with Crippen LogP contribution in [0.5, 0.6) is 0 Å². The first-order chi connectivity index (χ1) is 14.5. The van der Waals surface area contributed by atoms with Crippen molar-refractivity contribution in [2.45, 2.75) is 26.8 Å². The molecule has 2 aromatic carbocycles. The summed E-state index contributed by atoms with van der Waals surface area (Å²) in [5, 5.41) is 0. The van der Waals surface area contributed by atoms with E-state index in [0.29, 0.717) is 35.3 Å². The largest absolute Gasteiger partial charge is 0.462 e. The van der Waals surface area contributed by atoms with Crippen LogP contribution in [0.15, 0.2) is 48.5 Å². The van der Waals surface area contributed by atoms with Gasteiger partial charge in [-0.2, -0.15) is 0 Å². The third-order valence-electron chi connectivity index (χ3n) is 5.25. The first-order valence-corrected chi connectivity index (χ1v) is 9.94. The fourth-order valence-electron chi connectivity index (χ4n) is 3.26. The van der Waals surface area contributed by atoms with Gasteiger partial charge in [-0.3, -0.25) is 0 Å². The molecule has 1 atom stereocenters. The number of rotatable bonds is 6. The first kappa shape index (κ1) is 19.8. The molecule has 2 aromatic heterocycles. The fraction of sp³-hybridized carbons (Fsp3) is 0.261. The number of nitrogens with two attached hydrogens (primary N) is 1. The molecule has 6 nitrogen and oxygen atoms in total. The van der Waals surface area contributed by atoms with Crippen LogP contribution in [0.2, 0.25) is 0 Å². The quantitative estimate of drug-likeness (QED) is 0.475. The van der Waals surface area contributed by atoms with Crippen molar-refractivity contribution in [3.63, 3.8) is 0 Å². The van der Waals surface area contributed by atoms with E-state index in [2.05, 4.69) is 4.98 Å². The SMILES string of the molecule is CC[C@@H](C)COC(=O)c1c(N)n(Cc2ccc(F)cc2)c2nc3ccccc3nc12. The number of benzene rings is 2. The summed E-state index contributed by atoms with van der Waals surface area (Å²) in [5.41, 5.74) is 9.71. The van der Waals surface area contributed by atoms with Crippen LogP contribution in [0.4, 0.5) is 10.2 Å². The number of halogens is 1. The zero-order valence-corrected chi connectivity index (χ0v) is 16.9. The van der Waals surface area contributed by atoms with Crippen LogP contribution in [0.25, 0.3) is 22.2 Å². The second kappa shape index (κ2) is 8.10. The van der Waals surface area contributed by atoms with Gasteiger partial charge in [-0.1, -0.05) is 44.5 Å². The monoisotopic (exact) mass is 406 g/mol. The van der Waals surface area contributed by atoms with Crippen LogP contribution in [-0.2, 0) is 11.3 Å². The number of fused-ring (bicyclic) bond motifs is 2. The molecular weight excluding hydrogens is 383 g/mol. The number of anilines is 1. The van der Waals surface area contributed by atoms with E-state index in [0.717, 1.165) is 12.0 Å². The van der Waals surface area contributed by atoms with Crippen molar-refractivity contribution in [1.82, 2.24) is 14.5 Å². The van der Waals surface area contributed by atoms with Crippen molar-refractivity contribution in [3.8, 4) is 0 Å². The summed E-state index contributed by atoms with van der Waals surface area (Å²) in [5.74, 6) is -0.349. The van der Waals surface area contributed by atoms with E-state index in [4.69, 9.17) is 15.5 Å². The van der Waals surface area contributed by atoms with Crippen molar-refractivity contribution in [1.29, 1.82) is 0 Å². The average molecular weight is 406 g/mol. The minimum absolute atomic E-state index is 0.216. The van der Waals surface area contributed by atoms with Crippen LogP contribution in [0.1, 0.15) is 36.2 Å². The van der Waals surface area contributed by atoms with Crippen LogP contribution < -0.4 is 5.73 Å². The Bertz CT molecular complexity index is 1220. The number of aromatic nitrogens is 3. The Morgan fingerprint density at radius 3 is 2.47 bits per heavy atom. The lowest BCUT2D eigenvalue weighted by atomic mass is 10.1. The lowest BCUT2D eigenvalue weighted by Gasteiger charge is -2.10. The maximum Gasteiger partial charge on any atom is 0.344 e. The number of hydrogen-bond acceptors (Lipinski definition) is 5. The summed E-state index contributed by atoms with van der Waals surface area (Å²) < 4.78 is 20.5. The lowest BCUT2D eigenvalue weighted by molar-refractivity contribution is 0.0450. The van der Waals surface area contributed by atoms with Crippen LogP contribution in [0.3, 0.4) is 0 Å². The highest BCUT2D eigenvalue weighted by Gasteiger charge is 2.25. The molecule has 4 aromatic rings. The Labute approximate surface area is 173 Å².